The Morgan fingerprint density at radius 1 is 0.377 bits per heavy atom. The van der Waals surface area contributed by atoms with E-state index in [9.17, 15) is 5.26 Å². The predicted octanol–water partition coefficient (Wildman–Crippen LogP) is 10.7. The average molecular weight is 678 g/mol. The second-order valence-electron chi connectivity index (χ2n) is 13.2. The smallest absolute Gasteiger partial charge is 0.240 e. The van der Waals surface area contributed by atoms with Crippen molar-refractivity contribution in [3.05, 3.63) is 169 Å². The van der Waals surface area contributed by atoms with Gasteiger partial charge in [0.15, 0.2) is 5.82 Å². The summed E-state index contributed by atoms with van der Waals surface area (Å²) >= 11 is 0. The van der Waals surface area contributed by atoms with Crippen molar-refractivity contribution in [3.63, 3.8) is 0 Å². The molecule has 0 amide bonds. The van der Waals surface area contributed by atoms with Gasteiger partial charge in [-0.05, 0) is 60.7 Å². The van der Waals surface area contributed by atoms with Crippen molar-refractivity contribution in [2.24, 2.45) is 0 Å². The summed E-state index contributed by atoms with van der Waals surface area (Å²) in [5, 5.41) is 16.4. The highest BCUT2D eigenvalue weighted by Gasteiger charge is 2.22. The fourth-order valence-corrected chi connectivity index (χ4v) is 8.11. The molecule has 0 atom stereocenters. The number of aromatic nitrogens is 6. The highest BCUT2D eigenvalue weighted by atomic mass is 15.3. The molecule has 4 aromatic heterocycles. The van der Waals surface area contributed by atoms with E-state index in [2.05, 4.69) is 147 Å². The largest absolute Gasteiger partial charge is 0.309 e. The highest BCUT2D eigenvalue weighted by molar-refractivity contribution is 6.11. The van der Waals surface area contributed by atoms with Crippen LogP contribution >= 0.6 is 0 Å². The summed E-state index contributed by atoms with van der Waals surface area (Å²) in [4.78, 5) is 16.0. The number of nitriles is 1. The van der Waals surface area contributed by atoms with Gasteiger partial charge in [0.05, 0.1) is 50.4 Å². The first-order chi connectivity index (χ1) is 26.3. The number of nitrogens with zero attached hydrogens (tertiary/aromatic N) is 7. The van der Waals surface area contributed by atoms with E-state index in [-0.39, 0.29) is 0 Å². The van der Waals surface area contributed by atoms with Crippen molar-refractivity contribution in [3.8, 4) is 35.0 Å². The molecule has 0 radical (unpaired) electrons. The molecule has 0 saturated heterocycles. The fourth-order valence-electron chi connectivity index (χ4n) is 8.11. The third kappa shape index (κ3) is 4.24. The zero-order valence-corrected chi connectivity index (χ0v) is 28.2. The molecule has 0 fully saturated rings. The van der Waals surface area contributed by atoms with Gasteiger partial charge in [0.25, 0.3) is 0 Å². The van der Waals surface area contributed by atoms with Crippen LogP contribution in [0.15, 0.2) is 164 Å². The number of hydrogen-bond acceptors (Lipinski definition) is 4. The normalized spacial score (nSPS) is 11.8. The molecule has 0 saturated carbocycles. The minimum absolute atomic E-state index is 0.528. The summed E-state index contributed by atoms with van der Waals surface area (Å²) in [6.07, 6.45) is 0. The van der Waals surface area contributed by atoms with Gasteiger partial charge in [-0.25, -0.2) is 0 Å². The van der Waals surface area contributed by atoms with Gasteiger partial charge < -0.3 is 4.57 Å². The van der Waals surface area contributed by atoms with Gasteiger partial charge in [0, 0.05) is 37.9 Å². The molecular weight excluding hydrogens is 651 g/mol. The maximum atomic E-state index is 9.78. The minimum atomic E-state index is 0.528. The second kappa shape index (κ2) is 11.2. The molecule has 0 aliphatic carbocycles. The van der Waals surface area contributed by atoms with E-state index < -0.39 is 0 Å². The van der Waals surface area contributed by atoms with Crippen LogP contribution in [0.1, 0.15) is 5.56 Å². The van der Waals surface area contributed by atoms with Crippen molar-refractivity contribution >= 4 is 65.4 Å². The Balaban J connectivity index is 1.26. The Kier molecular flexibility index (Phi) is 6.18. The summed E-state index contributed by atoms with van der Waals surface area (Å²) in [5.41, 5.74) is 8.50. The van der Waals surface area contributed by atoms with Crippen molar-refractivity contribution in [1.82, 2.24) is 28.7 Å². The lowest BCUT2D eigenvalue weighted by molar-refractivity contribution is 0.892. The van der Waals surface area contributed by atoms with Gasteiger partial charge in [-0.3, -0.25) is 9.13 Å². The first-order valence-corrected chi connectivity index (χ1v) is 17.5. The summed E-state index contributed by atoms with van der Waals surface area (Å²) in [6, 6.07) is 58.4. The molecule has 0 bridgehead atoms. The predicted molar refractivity (Wildman–Crippen MR) is 213 cm³/mol. The molecule has 0 N–H and O–H groups in total. The molecule has 4 heterocycles. The van der Waals surface area contributed by atoms with Gasteiger partial charge in [0.2, 0.25) is 11.9 Å². The Bertz CT molecular complexity index is 3080. The number of benzene rings is 7. The molecule has 246 valence electrons. The number of fused-ring (bicyclic) bond motifs is 9. The average Bonchev–Trinajstić information content (AvgIpc) is 3.86. The van der Waals surface area contributed by atoms with Crippen LogP contribution in [0.2, 0.25) is 0 Å². The van der Waals surface area contributed by atoms with E-state index in [1.54, 1.807) is 0 Å². The quantitative estimate of drug-likeness (QED) is 0.186. The van der Waals surface area contributed by atoms with Gasteiger partial charge in [-0.15, -0.1) is 0 Å². The van der Waals surface area contributed by atoms with E-state index in [1.807, 2.05) is 36.4 Å². The molecule has 0 aliphatic rings. The van der Waals surface area contributed by atoms with Crippen LogP contribution in [0.4, 0.5) is 0 Å². The third-order valence-electron chi connectivity index (χ3n) is 10.4. The lowest BCUT2D eigenvalue weighted by Gasteiger charge is -2.16. The lowest BCUT2D eigenvalue weighted by Crippen LogP contribution is -2.11. The van der Waals surface area contributed by atoms with Crippen LogP contribution < -0.4 is 0 Å². The van der Waals surface area contributed by atoms with E-state index in [0.29, 0.717) is 23.3 Å². The molecule has 0 aliphatic heterocycles. The maximum absolute atomic E-state index is 9.78. The van der Waals surface area contributed by atoms with E-state index in [0.717, 1.165) is 76.7 Å². The van der Waals surface area contributed by atoms with E-state index >= 15 is 0 Å². The number of hydrogen-bond donors (Lipinski definition) is 0. The van der Waals surface area contributed by atoms with Crippen LogP contribution in [-0.2, 0) is 0 Å². The molecule has 11 rings (SSSR count). The van der Waals surface area contributed by atoms with Crippen molar-refractivity contribution in [2.75, 3.05) is 0 Å². The monoisotopic (exact) mass is 677 g/mol. The Hall–Kier alpha value is -7.56. The van der Waals surface area contributed by atoms with Gasteiger partial charge in [-0.1, -0.05) is 103 Å². The van der Waals surface area contributed by atoms with Crippen molar-refractivity contribution in [2.45, 2.75) is 0 Å². The van der Waals surface area contributed by atoms with Gasteiger partial charge in [0.1, 0.15) is 0 Å². The van der Waals surface area contributed by atoms with E-state index in [4.69, 9.17) is 15.0 Å². The second-order valence-corrected chi connectivity index (χ2v) is 13.2. The standard InChI is InChI=1S/C46H27N7/c47-28-29-25-26-43-36(27-29)34-17-5-7-19-37(34)51(43)42-24-12-6-18-35(42)44-48-45(52-38-20-8-1-13-30(38)31-14-2-9-21-39(31)52)50-46(49-44)53-40-22-10-3-15-32(40)33-16-4-11-23-41(33)53/h1-27H. The molecule has 0 unspecified atom stereocenters. The zero-order chi connectivity index (χ0) is 35.0. The lowest BCUT2D eigenvalue weighted by atomic mass is 10.1. The SMILES string of the molecule is N#Cc1ccc2c(c1)c1ccccc1n2-c1ccccc1-c1nc(-n2c3ccccc3c3ccccc32)nc(-n2c3ccccc3c3ccccc32)n1. The summed E-state index contributed by atoms with van der Waals surface area (Å²) < 4.78 is 6.56. The van der Waals surface area contributed by atoms with Gasteiger partial charge in [-0.2, -0.15) is 20.2 Å². The third-order valence-corrected chi connectivity index (χ3v) is 10.4. The summed E-state index contributed by atoms with van der Waals surface area (Å²) in [6.45, 7) is 0. The molecule has 7 heteroatoms. The maximum Gasteiger partial charge on any atom is 0.240 e. The Morgan fingerprint density at radius 3 is 1.26 bits per heavy atom. The van der Waals surface area contributed by atoms with Crippen LogP contribution in [0.5, 0.6) is 0 Å². The van der Waals surface area contributed by atoms with Crippen LogP contribution in [0, 0.1) is 11.3 Å². The fraction of sp³-hybridized carbons (Fsp3) is 0. The zero-order valence-electron chi connectivity index (χ0n) is 28.2. The molecule has 11 aromatic rings. The topological polar surface area (TPSA) is 77.2 Å². The van der Waals surface area contributed by atoms with Crippen LogP contribution in [0.25, 0.3) is 94.4 Å². The molecule has 0 spiro atoms. The molecule has 7 nitrogen and oxygen atoms in total. The van der Waals surface area contributed by atoms with Crippen molar-refractivity contribution < 1.29 is 0 Å². The summed E-state index contributed by atoms with van der Waals surface area (Å²) in [7, 11) is 0. The molecule has 53 heavy (non-hydrogen) atoms. The number of para-hydroxylation sites is 6. The first kappa shape index (κ1) is 29.2. The number of rotatable bonds is 4. The Labute approximate surface area is 302 Å². The first-order valence-electron chi connectivity index (χ1n) is 17.5. The Morgan fingerprint density at radius 2 is 0.774 bits per heavy atom. The van der Waals surface area contributed by atoms with Crippen LogP contribution in [0.3, 0.4) is 0 Å². The van der Waals surface area contributed by atoms with Crippen LogP contribution in [-0.4, -0.2) is 28.7 Å². The van der Waals surface area contributed by atoms with Gasteiger partial charge >= 0.3 is 0 Å². The minimum Gasteiger partial charge on any atom is -0.309 e. The van der Waals surface area contributed by atoms with Crippen molar-refractivity contribution in [1.29, 1.82) is 5.26 Å². The summed E-state index contributed by atoms with van der Waals surface area (Å²) in [5.74, 6) is 1.60. The molecular formula is C46H27N7. The highest BCUT2D eigenvalue weighted by Crippen LogP contribution is 2.38. The van der Waals surface area contributed by atoms with E-state index in [1.165, 1.54) is 0 Å². The molecule has 7 aromatic carbocycles.